The van der Waals surface area contributed by atoms with E-state index in [1.165, 1.54) is 0 Å². The van der Waals surface area contributed by atoms with Gasteiger partial charge in [0.05, 0.1) is 0 Å². The molecule has 0 aliphatic heterocycles. The smallest absolute Gasteiger partial charge is 0.220 e. The SMILES string of the molecule is C=CCCCCC(=O)NCCN(C)C. The van der Waals surface area contributed by atoms with Crippen LogP contribution in [0, 0.1) is 0 Å². The molecule has 0 aliphatic carbocycles. The molecule has 1 N–H and O–H groups in total. The summed E-state index contributed by atoms with van der Waals surface area (Å²) in [5.41, 5.74) is 0. The third kappa shape index (κ3) is 9.26. The van der Waals surface area contributed by atoms with E-state index in [2.05, 4.69) is 16.8 Å². The van der Waals surface area contributed by atoms with Crippen LogP contribution < -0.4 is 5.32 Å². The third-order valence-electron chi connectivity index (χ3n) is 1.94. The highest BCUT2D eigenvalue weighted by Gasteiger charge is 1.99. The van der Waals surface area contributed by atoms with Gasteiger partial charge in [-0.15, -0.1) is 6.58 Å². The molecule has 0 aromatic heterocycles. The van der Waals surface area contributed by atoms with Gasteiger partial charge in [-0.1, -0.05) is 6.08 Å². The Morgan fingerprint density at radius 1 is 1.43 bits per heavy atom. The maximum Gasteiger partial charge on any atom is 0.220 e. The average Bonchev–Trinajstić information content (AvgIpc) is 2.12. The second-order valence-electron chi connectivity index (χ2n) is 3.69. The second-order valence-corrected chi connectivity index (χ2v) is 3.69. The van der Waals surface area contributed by atoms with Gasteiger partial charge in [-0.05, 0) is 33.4 Å². The van der Waals surface area contributed by atoms with Crippen LogP contribution in [0.1, 0.15) is 25.7 Å². The van der Waals surface area contributed by atoms with E-state index in [1.807, 2.05) is 20.2 Å². The van der Waals surface area contributed by atoms with E-state index >= 15 is 0 Å². The van der Waals surface area contributed by atoms with Gasteiger partial charge in [0, 0.05) is 19.5 Å². The Bertz CT molecular complexity index is 167. The standard InChI is InChI=1S/C11H22N2O/c1-4-5-6-7-8-11(14)12-9-10-13(2)3/h4H,1,5-10H2,2-3H3,(H,12,14). The number of unbranched alkanes of at least 4 members (excludes halogenated alkanes) is 2. The van der Waals surface area contributed by atoms with E-state index < -0.39 is 0 Å². The number of amides is 1. The quantitative estimate of drug-likeness (QED) is 0.472. The second kappa shape index (κ2) is 8.75. The number of likely N-dealkylation sites (N-methyl/N-ethyl adjacent to an activating group) is 1. The minimum atomic E-state index is 0.163. The molecule has 0 fully saturated rings. The fourth-order valence-corrected chi connectivity index (χ4v) is 1.08. The van der Waals surface area contributed by atoms with Crippen molar-refractivity contribution in [2.75, 3.05) is 27.2 Å². The highest BCUT2D eigenvalue weighted by atomic mass is 16.1. The number of nitrogens with zero attached hydrogens (tertiary/aromatic N) is 1. The third-order valence-corrected chi connectivity index (χ3v) is 1.94. The molecule has 0 saturated carbocycles. The van der Waals surface area contributed by atoms with Crippen molar-refractivity contribution >= 4 is 5.91 Å². The lowest BCUT2D eigenvalue weighted by Gasteiger charge is -2.10. The zero-order valence-corrected chi connectivity index (χ0v) is 9.38. The van der Waals surface area contributed by atoms with Crippen molar-refractivity contribution in [2.24, 2.45) is 0 Å². The Hall–Kier alpha value is -0.830. The number of allylic oxidation sites excluding steroid dienone is 1. The lowest BCUT2D eigenvalue weighted by molar-refractivity contribution is -0.121. The van der Waals surface area contributed by atoms with E-state index in [9.17, 15) is 4.79 Å². The van der Waals surface area contributed by atoms with Gasteiger partial charge in [0.25, 0.3) is 0 Å². The van der Waals surface area contributed by atoms with Crippen LogP contribution in [0.3, 0.4) is 0 Å². The maximum absolute atomic E-state index is 11.2. The summed E-state index contributed by atoms with van der Waals surface area (Å²) in [7, 11) is 3.99. The van der Waals surface area contributed by atoms with Crippen LogP contribution in [0.25, 0.3) is 0 Å². The number of carbonyl (C=O) groups excluding carboxylic acids is 1. The van der Waals surface area contributed by atoms with Crippen LogP contribution in [-0.4, -0.2) is 38.0 Å². The van der Waals surface area contributed by atoms with Crippen LogP contribution in [0.2, 0.25) is 0 Å². The molecular weight excluding hydrogens is 176 g/mol. The Labute approximate surface area is 87.2 Å². The molecule has 0 spiro atoms. The lowest BCUT2D eigenvalue weighted by atomic mass is 10.2. The Morgan fingerprint density at radius 2 is 2.14 bits per heavy atom. The van der Waals surface area contributed by atoms with Crippen LogP contribution >= 0.6 is 0 Å². The maximum atomic E-state index is 11.2. The summed E-state index contributed by atoms with van der Waals surface area (Å²) in [6.07, 6.45) is 5.56. The van der Waals surface area contributed by atoms with Gasteiger partial charge in [0.1, 0.15) is 0 Å². The van der Waals surface area contributed by atoms with E-state index in [-0.39, 0.29) is 5.91 Å². The molecule has 0 bridgehead atoms. The fraction of sp³-hybridized carbons (Fsp3) is 0.727. The summed E-state index contributed by atoms with van der Waals surface area (Å²) < 4.78 is 0. The first-order chi connectivity index (χ1) is 6.66. The van der Waals surface area contributed by atoms with Gasteiger partial charge < -0.3 is 10.2 Å². The van der Waals surface area contributed by atoms with Crippen molar-refractivity contribution in [1.29, 1.82) is 0 Å². The normalized spacial score (nSPS) is 10.2. The molecule has 3 nitrogen and oxygen atoms in total. The summed E-state index contributed by atoms with van der Waals surface area (Å²) in [4.78, 5) is 13.3. The van der Waals surface area contributed by atoms with Crippen molar-refractivity contribution in [3.05, 3.63) is 12.7 Å². The van der Waals surface area contributed by atoms with E-state index in [0.29, 0.717) is 6.42 Å². The number of hydrogen-bond acceptors (Lipinski definition) is 2. The van der Waals surface area contributed by atoms with Gasteiger partial charge in [0.15, 0.2) is 0 Å². The minimum absolute atomic E-state index is 0.163. The van der Waals surface area contributed by atoms with Crippen LogP contribution in [0.15, 0.2) is 12.7 Å². The number of carbonyl (C=O) groups is 1. The van der Waals surface area contributed by atoms with Gasteiger partial charge in [-0.3, -0.25) is 4.79 Å². The molecule has 1 amide bonds. The highest BCUT2D eigenvalue weighted by Crippen LogP contribution is 1.99. The Balaban J connectivity index is 3.23. The zero-order valence-electron chi connectivity index (χ0n) is 9.38. The Kier molecular flexibility index (Phi) is 8.24. The molecule has 0 rings (SSSR count). The first-order valence-corrected chi connectivity index (χ1v) is 5.19. The van der Waals surface area contributed by atoms with Gasteiger partial charge in [0.2, 0.25) is 5.91 Å². The lowest BCUT2D eigenvalue weighted by Crippen LogP contribution is -2.31. The molecule has 0 atom stereocenters. The molecule has 82 valence electrons. The topological polar surface area (TPSA) is 32.3 Å². The molecule has 0 radical (unpaired) electrons. The fourth-order valence-electron chi connectivity index (χ4n) is 1.08. The summed E-state index contributed by atoms with van der Waals surface area (Å²) in [6, 6.07) is 0. The van der Waals surface area contributed by atoms with Crippen molar-refractivity contribution in [2.45, 2.75) is 25.7 Å². The molecule has 0 aliphatic rings. The molecule has 3 heteroatoms. The van der Waals surface area contributed by atoms with Crippen molar-refractivity contribution in [3.63, 3.8) is 0 Å². The summed E-state index contributed by atoms with van der Waals surface area (Å²) in [5, 5.41) is 2.88. The van der Waals surface area contributed by atoms with Crippen LogP contribution in [0.4, 0.5) is 0 Å². The largest absolute Gasteiger partial charge is 0.355 e. The molecule has 0 unspecified atom stereocenters. The predicted molar refractivity (Wildman–Crippen MR) is 60.2 cm³/mol. The molecule has 0 saturated heterocycles. The first kappa shape index (κ1) is 13.2. The molecule has 0 heterocycles. The molecule has 14 heavy (non-hydrogen) atoms. The average molecular weight is 198 g/mol. The van der Waals surface area contributed by atoms with E-state index in [1.54, 1.807) is 0 Å². The van der Waals surface area contributed by atoms with E-state index in [0.717, 1.165) is 32.4 Å². The van der Waals surface area contributed by atoms with Crippen molar-refractivity contribution in [1.82, 2.24) is 10.2 Å². The number of nitrogens with one attached hydrogen (secondary N) is 1. The molecule has 0 aromatic carbocycles. The van der Waals surface area contributed by atoms with E-state index in [4.69, 9.17) is 0 Å². The monoisotopic (exact) mass is 198 g/mol. The number of hydrogen-bond donors (Lipinski definition) is 1. The van der Waals surface area contributed by atoms with Crippen LogP contribution in [0.5, 0.6) is 0 Å². The zero-order chi connectivity index (χ0) is 10.8. The van der Waals surface area contributed by atoms with Gasteiger partial charge >= 0.3 is 0 Å². The van der Waals surface area contributed by atoms with Gasteiger partial charge in [-0.2, -0.15) is 0 Å². The molecule has 0 aromatic rings. The first-order valence-electron chi connectivity index (χ1n) is 5.19. The summed E-state index contributed by atoms with van der Waals surface area (Å²) >= 11 is 0. The highest BCUT2D eigenvalue weighted by molar-refractivity contribution is 5.75. The van der Waals surface area contributed by atoms with Crippen LogP contribution in [-0.2, 0) is 4.79 Å². The van der Waals surface area contributed by atoms with Crippen molar-refractivity contribution in [3.8, 4) is 0 Å². The summed E-state index contributed by atoms with van der Waals surface area (Å²) in [6.45, 7) is 5.28. The number of rotatable bonds is 8. The van der Waals surface area contributed by atoms with Crippen molar-refractivity contribution < 1.29 is 4.79 Å². The molecular formula is C11H22N2O. The minimum Gasteiger partial charge on any atom is -0.355 e. The Morgan fingerprint density at radius 3 is 2.71 bits per heavy atom. The summed E-state index contributed by atoms with van der Waals surface area (Å²) in [5.74, 6) is 0.163. The van der Waals surface area contributed by atoms with Gasteiger partial charge in [-0.25, -0.2) is 0 Å². The predicted octanol–water partition coefficient (Wildman–Crippen LogP) is 1.41.